The standard InChI is InChI=1S/C14H18N4OS/c1-2-3-4-7-17-14(19)13-11(15)12(18-20-13)10-5-8-16-9-6-10/h5-6,8-9H,2-4,7,15H2,1H3,(H,17,19). The van der Waals surface area contributed by atoms with Crippen LogP contribution < -0.4 is 11.1 Å². The second-order valence-corrected chi connectivity index (χ2v) is 5.25. The predicted octanol–water partition coefficient (Wildman–Crippen LogP) is 2.71. The monoisotopic (exact) mass is 290 g/mol. The minimum absolute atomic E-state index is 0.142. The highest BCUT2D eigenvalue weighted by Crippen LogP contribution is 2.30. The molecule has 6 heteroatoms. The van der Waals surface area contributed by atoms with Gasteiger partial charge in [-0.05, 0) is 30.1 Å². The van der Waals surface area contributed by atoms with Crippen LogP contribution in [-0.2, 0) is 0 Å². The number of carbonyl (C=O) groups excluding carboxylic acids is 1. The molecule has 2 aromatic heterocycles. The minimum Gasteiger partial charge on any atom is -0.396 e. The Bertz CT molecular complexity index is 568. The first kappa shape index (κ1) is 14.5. The average molecular weight is 290 g/mol. The van der Waals surface area contributed by atoms with Crippen LogP contribution in [0.15, 0.2) is 24.5 Å². The zero-order valence-corrected chi connectivity index (χ0v) is 12.2. The molecule has 2 rings (SSSR count). The largest absolute Gasteiger partial charge is 0.396 e. The van der Waals surface area contributed by atoms with Gasteiger partial charge in [0, 0.05) is 24.5 Å². The Kier molecular flexibility index (Phi) is 5.06. The van der Waals surface area contributed by atoms with Gasteiger partial charge in [-0.2, -0.15) is 4.37 Å². The smallest absolute Gasteiger partial charge is 0.265 e. The van der Waals surface area contributed by atoms with E-state index in [0.29, 0.717) is 22.8 Å². The van der Waals surface area contributed by atoms with E-state index >= 15 is 0 Å². The van der Waals surface area contributed by atoms with Crippen molar-refractivity contribution in [2.45, 2.75) is 26.2 Å². The summed E-state index contributed by atoms with van der Waals surface area (Å²) in [7, 11) is 0. The molecule has 0 bridgehead atoms. The second kappa shape index (κ2) is 7.00. The molecule has 0 aliphatic rings. The third-order valence-corrected chi connectivity index (χ3v) is 3.82. The lowest BCUT2D eigenvalue weighted by Gasteiger charge is -2.03. The summed E-state index contributed by atoms with van der Waals surface area (Å²) >= 11 is 1.14. The quantitative estimate of drug-likeness (QED) is 0.801. The van der Waals surface area contributed by atoms with Crippen LogP contribution in [0.3, 0.4) is 0 Å². The Morgan fingerprint density at radius 2 is 2.10 bits per heavy atom. The number of unbranched alkanes of at least 4 members (excludes halogenated alkanes) is 2. The molecule has 3 N–H and O–H groups in total. The molecule has 2 heterocycles. The summed E-state index contributed by atoms with van der Waals surface area (Å²) in [5.74, 6) is -0.142. The fourth-order valence-corrected chi connectivity index (χ4v) is 2.57. The summed E-state index contributed by atoms with van der Waals surface area (Å²) in [5.41, 5.74) is 8.00. The predicted molar refractivity (Wildman–Crippen MR) is 81.6 cm³/mol. The van der Waals surface area contributed by atoms with Crippen LogP contribution in [-0.4, -0.2) is 21.8 Å². The fraction of sp³-hybridized carbons (Fsp3) is 0.357. The van der Waals surface area contributed by atoms with Crippen LogP contribution in [0.4, 0.5) is 5.69 Å². The minimum atomic E-state index is -0.142. The van der Waals surface area contributed by atoms with Crippen LogP contribution in [0.1, 0.15) is 35.9 Å². The first-order valence-corrected chi connectivity index (χ1v) is 7.45. The summed E-state index contributed by atoms with van der Waals surface area (Å²) in [6.07, 6.45) is 6.58. The highest BCUT2D eigenvalue weighted by atomic mass is 32.1. The third-order valence-electron chi connectivity index (χ3n) is 2.95. The molecule has 0 saturated carbocycles. The molecule has 20 heavy (non-hydrogen) atoms. The van der Waals surface area contributed by atoms with Gasteiger partial charge >= 0.3 is 0 Å². The van der Waals surface area contributed by atoms with E-state index in [4.69, 9.17) is 5.73 Å². The Morgan fingerprint density at radius 1 is 1.35 bits per heavy atom. The van der Waals surface area contributed by atoms with E-state index in [-0.39, 0.29) is 5.91 Å². The number of anilines is 1. The molecule has 0 radical (unpaired) electrons. The Hall–Kier alpha value is -1.95. The first-order valence-electron chi connectivity index (χ1n) is 6.67. The lowest BCUT2D eigenvalue weighted by molar-refractivity contribution is 0.0958. The van der Waals surface area contributed by atoms with Crippen molar-refractivity contribution in [3.63, 3.8) is 0 Å². The molecule has 106 valence electrons. The molecule has 2 aromatic rings. The Labute approximate surface area is 122 Å². The summed E-state index contributed by atoms with van der Waals surface area (Å²) in [5, 5.41) is 2.88. The van der Waals surface area contributed by atoms with Gasteiger partial charge < -0.3 is 11.1 Å². The average Bonchev–Trinajstić information content (AvgIpc) is 2.86. The Morgan fingerprint density at radius 3 is 2.80 bits per heavy atom. The van der Waals surface area contributed by atoms with Crippen molar-refractivity contribution < 1.29 is 4.79 Å². The van der Waals surface area contributed by atoms with Gasteiger partial charge in [-0.25, -0.2) is 0 Å². The van der Waals surface area contributed by atoms with Gasteiger partial charge in [0.15, 0.2) is 0 Å². The van der Waals surface area contributed by atoms with Crippen molar-refractivity contribution in [2.75, 3.05) is 12.3 Å². The number of carbonyl (C=O) groups is 1. The molecule has 1 amide bonds. The number of nitrogen functional groups attached to an aromatic ring is 1. The second-order valence-electron chi connectivity index (χ2n) is 4.47. The van der Waals surface area contributed by atoms with Crippen LogP contribution in [0.25, 0.3) is 11.3 Å². The third kappa shape index (κ3) is 3.33. The van der Waals surface area contributed by atoms with Crippen molar-refractivity contribution in [3.05, 3.63) is 29.4 Å². The van der Waals surface area contributed by atoms with E-state index in [0.717, 1.165) is 36.4 Å². The molecule has 0 fully saturated rings. The molecule has 0 unspecified atom stereocenters. The fourth-order valence-electron chi connectivity index (χ4n) is 1.84. The molecule has 0 aliphatic heterocycles. The van der Waals surface area contributed by atoms with E-state index in [9.17, 15) is 4.79 Å². The SMILES string of the molecule is CCCCCNC(=O)c1snc(-c2ccncc2)c1N. The summed E-state index contributed by atoms with van der Waals surface area (Å²) in [4.78, 5) is 16.5. The van der Waals surface area contributed by atoms with E-state index in [1.54, 1.807) is 12.4 Å². The highest BCUT2D eigenvalue weighted by molar-refractivity contribution is 7.09. The molecule has 0 atom stereocenters. The number of hydrogen-bond donors (Lipinski definition) is 2. The van der Waals surface area contributed by atoms with Gasteiger partial charge in [-0.3, -0.25) is 9.78 Å². The summed E-state index contributed by atoms with van der Waals surface area (Å²) in [6.45, 7) is 2.80. The number of nitrogens with one attached hydrogen (secondary N) is 1. The van der Waals surface area contributed by atoms with Crippen molar-refractivity contribution in [2.24, 2.45) is 0 Å². The molecule has 0 aliphatic carbocycles. The van der Waals surface area contributed by atoms with Crippen molar-refractivity contribution in [1.82, 2.24) is 14.7 Å². The number of nitrogens with zero attached hydrogens (tertiary/aromatic N) is 2. The van der Waals surface area contributed by atoms with Crippen LogP contribution in [0, 0.1) is 0 Å². The van der Waals surface area contributed by atoms with Crippen LogP contribution in [0.2, 0.25) is 0 Å². The van der Waals surface area contributed by atoms with Gasteiger partial charge in [0.25, 0.3) is 5.91 Å². The number of aromatic nitrogens is 2. The maximum atomic E-state index is 12.0. The summed E-state index contributed by atoms with van der Waals surface area (Å²) in [6, 6.07) is 3.66. The van der Waals surface area contributed by atoms with Crippen LogP contribution >= 0.6 is 11.5 Å². The van der Waals surface area contributed by atoms with Gasteiger partial charge in [0.2, 0.25) is 0 Å². The molecular formula is C14H18N4OS. The van der Waals surface area contributed by atoms with E-state index < -0.39 is 0 Å². The molecule has 0 saturated heterocycles. The van der Waals surface area contributed by atoms with Crippen molar-refractivity contribution in [1.29, 1.82) is 0 Å². The number of pyridine rings is 1. The zero-order chi connectivity index (χ0) is 14.4. The van der Waals surface area contributed by atoms with E-state index in [1.165, 1.54) is 0 Å². The van der Waals surface area contributed by atoms with Crippen molar-refractivity contribution >= 4 is 23.1 Å². The van der Waals surface area contributed by atoms with Gasteiger partial charge in [-0.15, -0.1) is 0 Å². The molecule has 5 nitrogen and oxygen atoms in total. The van der Waals surface area contributed by atoms with Crippen molar-refractivity contribution in [3.8, 4) is 11.3 Å². The number of rotatable bonds is 6. The normalized spacial score (nSPS) is 10.4. The van der Waals surface area contributed by atoms with Gasteiger partial charge in [-0.1, -0.05) is 19.8 Å². The Balaban J connectivity index is 2.07. The topological polar surface area (TPSA) is 80.9 Å². The van der Waals surface area contributed by atoms with E-state index in [2.05, 4.69) is 21.6 Å². The van der Waals surface area contributed by atoms with E-state index in [1.807, 2.05) is 12.1 Å². The lowest BCUT2D eigenvalue weighted by Crippen LogP contribution is -2.24. The molecule has 0 aromatic carbocycles. The van der Waals surface area contributed by atoms with Crippen LogP contribution in [0.5, 0.6) is 0 Å². The number of nitrogens with two attached hydrogens (primary N) is 1. The molecular weight excluding hydrogens is 272 g/mol. The maximum absolute atomic E-state index is 12.0. The zero-order valence-electron chi connectivity index (χ0n) is 11.4. The van der Waals surface area contributed by atoms with Gasteiger partial charge in [0.1, 0.15) is 10.6 Å². The first-order chi connectivity index (χ1) is 9.74. The lowest BCUT2D eigenvalue weighted by atomic mass is 10.1. The molecule has 0 spiro atoms. The number of hydrogen-bond acceptors (Lipinski definition) is 5. The number of amides is 1. The summed E-state index contributed by atoms with van der Waals surface area (Å²) < 4.78 is 4.28. The maximum Gasteiger partial charge on any atom is 0.265 e. The highest BCUT2D eigenvalue weighted by Gasteiger charge is 2.17. The van der Waals surface area contributed by atoms with Gasteiger partial charge in [0.05, 0.1) is 5.69 Å².